The summed E-state index contributed by atoms with van der Waals surface area (Å²) >= 11 is 1.52. The second-order valence-corrected chi connectivity index (χ2v) is 8.00. The molecule has 0 saturated heterocycles. The highest BCUT2D eigenvalue weighted by Gasteiger charge is 2.16. The molecule has 0 fully saturated rings. The topological polar surface area (TPSA) is 94.9 Å². The normalized spacial score (nSPS) is 12.3. The number of hydrogen-bond acceptors (Lipinski definition) is 8. The lowest BCUT2D eigenvalue weighted by atomic mass is 10.1. The van der Waals surface area contributed by atoms with Crippen molar-refractivity contribution in [1.29, 1.82) is 0 Å². The minimum absolute atomic E-state index is 0.135. The standard InChI is InChI=1S/C17H14N4O3S2/c1-11-4-6-12(7-5-11)16-18-14(23-20-16)9-26(22)10-15-19-17(21-24-15)13-3-2-8-25-13/h2-8H,9-10H2,1H3. The van der Waals surface area contributed by atoms with Crippen LogP contribution in [0.1, 0.15) is 17.3 Å². The van der Waals surface area contributed by atoms with E-state index in [0.717, 1.165) is 16.0 Å². The molecule has 4 aromatic rings. The van der Waals surface area contributed by atoms with E-state index in [1.165, 1.54) is 11.3 Å². The summed E-state index contributed by atoms with van der Waals surface area (Å²) in [6.45, 7) is 2.01. The first-order chi connectivity index (χ1) is 12.7. The first kappa shape index (κ1) is 16.8. The van der Waals surface area contributed by atoms with E-state index in [9.17, 15) is 4.21 Å². The molecule has 1 atom stereocenters. The Labute approximate surface area is 155 Å². The molecule has 132 valence electrons. The van der Waals surface area contributed by atoms with Crippen molar-refractivity contribution < 1.29 is 13.3 Å². The highest BCUT2D eigenvalue weighted by atomic mass is 32.2. The molecule has 0 aliphatic heterocycles. The minimum atomic E-state index is -1.29. The summed E-state index contributed by atoms with van der Waals surface area (Å²) in [6.07, 6.45) is 0. The Morgan fingerprint density at radius 1 is 0.962 bits per heavy atom. The van der Waals surface area contributed by atoms with Gasteiger partial charge in [-0.1, -0.05) is 46.2 Å². The highest BCUT2D eigenvalue weighted by Crippen LogP contribution is 2.22. The summed E-state index contributed by atoms with van der Waals surface area (Å²) in [6, 6.07) is 11.6. The van der Waals surface area contributed by atoms with Crippen molar-refractivity contribution in [3.8, 4) is 22.1 Å². The zero-order valence-electron chi connectivity index (χ0n) is 13.8. The molecule has 0 bridgehead atoms. The van der Waals surface area contributed by atoms with Crippen LogP contribution >= 0.6 is 11.3 Å². The average Bonchev–Trinajstić information content (AvgIpc) is 3.36. The van der Waals surface area contributed by atoms with Crippen molar-refractivity contribution in [2.24, 2.45) is 0 Å². The summed E-state index contributed by atoms with van der Waals surface area (Å²) in [5.41, 5.74) is 2.01. The molecule has 0 amide bonds. The van der Waals surface area contributed by atoms with E-state index in [4.69, 9.17) is 9.05 Å². The third-order valence-corrected chi connectivity index (χ3v) is 5.56. The van der Waals surface area contributed by atoms with Gasteiger partial charge in [0.2, 0.25) is 23.4 Å². The van der Waals surface area contributed by atoms with Gasteiger partial charge < -0.3 is 9.05 Å². The third-order valence-electron chi connectivity index (χ3n) is 3.56. The fourth-order valence-electron chi connectivity index (χ4n) is 2.28. The monoisotopic (exact) mass is 386 g/mol. The van der Waals surface area contributed by atoms with Crippen LogP contribution in [0.4, 0.5) is 0 Å². The Balaban J connectivity index is 1.40. The van der Waals surface area contributed by atoms with Crippen molar-refractivity contribution in [1.82, 2.24) is 20.3 Å². The molecule has 4 rings (SSSR count). The van der Waals surface area contributed by atoms with Gasteiger partial charge in [0.15, 0.2) is 0 Å². The molecule has 9 heteroatoms. The van der Waals surface area contributed by atoms with Crippen LogP contribution in [0.5, 0.6) is 0 Å². The zero-order chi connectivity index (χ0) is 17.9. The van der Waals surface area contributed by atoms with Crippen LogP contribution in [0.15, 0.2) is 50.8 Å². The summed E-state index contributed by atoms with van der Waals surface area (Å²) in [5.74, 6) is 1.90. The molecule has 7 nitrogen and oxygen atoms in total. The summed E-state index contributed by atoms with van der Waals surface area (Å²) < 4.78 is 22.7. The Kier molecular flexibility index (Phi) is 4.72. The Morgan fingerprint density at radius 2 is 1.62 bits per heavy atom. The fraction of sp³-hybridized carbons (Fsp3) is 0.176. The summed E-state index contributed by atoms with van der Waals surface area (Å²) in [7, 11) is -1.29. The van der Waals surface area contributed by atoms with E-state index in [1.807, 2.05) is 48.7 Å². The van der Waals surface area contributed by atoms with Crippen LogP contribution in [-0.2, 0) is 22.3 Å². The van der Waals surface area contributed by atoms with Crippen molar-refractivity contribution in [3.63, 3.8) is 0 Å². The highest BCUT2D eigenvalue weighted by molar-refractivity contribution is 7.83. The predicted molar refractivity (Wildman–Crippen MR) is 97.6 cm³/mol. The van der Waals surface area contributed by atoms with Crippen molar-refractivity contribution in [2.45, 2.75) is 18.4 Å². The quantitative estimate of drug-likeness (QED) is 0.499. The molecular formula is C17H14N4O3S2. The van der Waals surface area contributed by atoms with Gasteiger partial charge in [0.1, 0.15) is 11.5 Å². The summed E-state index contributed by atoms with van der Waals surface area (Å²) in [4.78, 5) is 9.48. The van der Waals surface area contributed by atoms with Crippen LogP contribution in [-0.4, -0.2) is 24.5 Å². The number of aromatic nitrogens is 4. The molecule has 0 N–H and O–H groups in total. The number of benzene rings is 1. The van der Waals surface area contributed by atoms with Gasteiger partial charge in [-0.15, -0.1) is 11.3 Å². The van der Waals surface area contributed by atoms with E-state index in [-0.39, 0.29) is 11.5 Å². The third kappa shape index (κ3) is 3.78. The molecule has 0 spiro atoms. The van der Waals surface area contributed by atoms with E-state index < -0.39 is 10.8 Å². The van der Waals surface area contributed by atoms with E-state index >= 15 is 0 Å². The first-order valence-electron chi connectivity index (χ1n) is 7.78. The molecule has 3 heterocycles. The lowest BCUT2D eigenvalue weighted by Crippen LogP contribution is -2.00. The Morgan fingerprint density at radius 3 is 2.27 bits per heavy atom. The summed E-state index contributed by atoms with van der Waals surface area (Å²) in [5, 5.41) is 9.79. The molecular weight excluding hydrogens is 372 g/mol. The Bertz CT molecular complexity index is 1020. The maximum atomic E-state index is 12.3. The van der Waals surface area contributed by atoms with Gasteiger partial charge in [0.05, 0.1) is 4.88 Å². The van der Waals surface area contributed by atoms with Crippen molar-refractivity contribution in [2.75, 3.05) is 0 Å². The van der Waals surface area contributed by atoms with Gasteiger partial charge in [-0.2, -0.15) is 9.97 Å². The molecule has 3 aromatic heterocycles. The van der Waals surface area contributed by atoms with Crippen LogP contribution in [0.3, 0.4) is 0 Å². The Hall–Kier alpha value is -2.65. The number of thiophene rings is 1. The van der Waals surface area contributed by atoms with E-state index in [0.29, 0.717) is 23.4 Å². The maximum Gasteiger partial charge on any atom is 0.239 e. The minimum Gasteiger partial charge on any atom is -0.338 e. The van der Waals surface area contributed by atoms with E-state index in [2.05, 4.69) is 20.3 Å². The lowest BCUT2D eigenvalue weighted by molar-refractivity contribution is 0.387. The molecule has 0 aliphatic carbocycles. The smallest absolute Gasteiger partial charge is 0.239 e. The molecule has 1 aromatic carbocycles. The second kappa shape index (κ2) is 7.30. The van der Waals surface area contributed by atoms with Gasteiger partial charge in [-0.25, -0.2) is 0 Å². The van der Waals surface area contributed by atoms with Crippen LogP contribution in [0, 0.1) is 6.92 Å². The number of aryl methyl sites for hydroxylation is 1. The number of hydrogen-bond donors (Lipinski definition) is 0. The molecule has 0 saturated carbocycles. The molecule has 0 aliphatic rings. The lowest BCUT2D eigenvalue weighted by Gasteiger charge is -1.95. The maximum absolute atomic E-state index is 12.3. The molecule has 1 unspecified atom stereocenters. The largest absolute Gasteiger partial charge is 0.338 e. The van der Waals surface area contributed by atoms with Gasteiger partial charge in [0, 0.05) is 16.4 Å². The van der Waals surface area contributed by atoms with Crippen molar-refractivity contribution >= 4 is 22.1 Å². The molecule has 26 heavy (non-hydrogen) atoms. The fourth-order valence-corrected chi connectivity index (χ4v) is 3.82. The predicted octanol–water partition coefficient (Wildman–Crippen LogP) is 3.61. The number of rotatable bonds is 6. The van der Waals surface area contributed by atoms with Crippen molar-refractivity contribution in [3.05, 3.63) is 59.1 Å². The van der Waals surface area contributed by atoms with E-state index in [1.54, 1.807) is 0 Å². The van der Waals surface area contributed by atoms with Gasteiger partial charge >= 0.3 is 0 Å². The van der Waals surface area contributed by atoms with Crippen LogP contribution < -0.4 is 0 Å². The first-order valence-corrected chi connectivity index (χ1v) is 10.2. The van der Waals surface area contributed by atoms with Gasteiger partial charge in [0.25, 0.3) is 0 Å². The SMILES string of the molecule is Cc1ccc(-c2noc(CS(=O)Cc3nc(-c4cccs4)no3)n2)cc1. The van der Waals surface area contributed by atoms with Crippen LogP contribution in [0.25, 0.3) is 22.1 Å². The number of nitrogens with zero attached hydrogens (tertiary/aromatic N) is 4. The second-order valence-electron chi connectivity index (χ2n) is 5.60. The van der Waals surface area contributed by atoms with Gasteiger partial charge in [-0.3, -0.25) is 4.21 Å². The zero-order valence-corrected chi connectivity index (χ0v) is 15.4. The molecule has 0 radical (unpaired) electrons. The van der Waals surface area contributed by atoms with Gasteiger partial charge in [-0.05, 0) is 18.4 Å². The average molecular weight is 386 g/mol. The van der Waals surface area contributed by atoms with Crippen LogP contribution in [0.2, 0.25) is 0 Å².